The zero-order valence-electron chi connectivity index (χ0n) is 14.1. The lowest BCUT2D eigenvalue weighted by Gasteiger charge is -2.13. The highest BCUT2D eigenvalue weighted by Crippen LogP contribution is 2.10. The summed E-state index contributed by atoms with van der Waals surface area (Å²) >= 11 is 5.98. The van der Waals surface area contributed by atoms with Gasteiger partial charge in [-0.05, 0) is 37.0 Å². The highest BCUT2D eigenvalue weighted by atomic mass is 127. The van der Waals surface area contributed by atoms with E-state index in [2.05, 4.69) is 21.7 Å². The minimum absolute atomic E-state index is 0. The number of aliphatic imine (C=N–C) groups is 1. The second-order valence-electron chi connectivity index (χ2n) is 5.52. The van der Waals surface area contributed by atoms with Crippen molar-refractivity contribution in [1.29, 1.82) is 0 Å². The van der Waals surface area contributed by atoms with Crippen molar-refractivity contribution in [3.05, 3.63) is 34.9 Å². The summed E-state index contributed by atoms with van der Waals surface area (Å²) in [6.45, 7) is 3.97. The lowest BCUT2D eigenvalue weighted by atomic mass is 10.1. The van der Waals surface area contributed by atoms with E-state index in [-0.39, 0.29) is 30.1 Å². The molecule has 1 fully saturated rings. The Bertz CT molecular complexity index is 496. The summed E-state index contributed by atoms with van der Waals surface area (Å²) in [4.78, 5) is 4.22. The minimum Gasteiger partial charge on any atom is -0.379 e. The van der Waals surface area contributed by atoms with Gasteiger partial charge in [0, 0.05) is 38.4 Å². The van der Waals surface area contributed by atoms with Crippen LogP contribution in [0.15, 0.2) is 29.3 Å². The molecule has 0 amide bonds. The zero-order valence-corrected chi connectivity index (χ0v) is 17.2. The predicted molar refractivity (Wildman–Crippen MR) is 110 cm³/mol. The molecule has 1 atom stereocenters. The minimum atomic E-state index is 0. The Balaban J connectivity index is 0.00000288. The Kier molecular flexibility index (Phi) is 11.4. The third kappa shape index (κ3) is 8.50. The van der Waals surface area contributed by atoms with E-state index in [0.717, 1.165) is 63.2 Å². The molecule has 0 aliphatic carbocycles. The van der Waals surface area contributed by atoms with Crippen molar-refractivity contribution in [3.8, 4) is 0 Å². The molecule has 0 spiro atoms. The number of guanidine groups is 1. The maximum absolute atomic E-state index is 5.98. The third-order valence-corrected chi connectivity index (χ3v) is 3.91. The van der Waals surface area contributed by atoms with Crippen molar-refractivity contribution in [3.63, 3.8) is 0 Å². The summed E-state index contributed by atoms with van der Waals surface area (Å²) < 4.78 is 11.0. The van der Waals surface area contributed by atoms with Crippen LogP contribution in [0.2, 0.25) is 5.02 Å². The first-order valence-corrected chi connectivity index (χ1v) is 8.54. The first-order valence-electron chi connectivity index (χ1n) is 8.16. The average molecular weight is 468 g/mol. The van der Waals surface area contributed by atoms with Crippen molar-refractivity contribution in [2.45, 2.75) is 25.4 Å². The van der Waals surface area contributed by atoms with Gasteiger partial charge in [-0.15, -0.1) is 24.0 Å². The number of ether oxygens (including phenoxy) is 2. The maximum atomic E-state index is 5.98. The number of hydrogen-bond acceptors (Lipinski definition) is 3. The molecule has 1 aromatic carbocycles. The first kappa shape index (κ1) is 21.5. The fourth-order valence-electron chi connectivity index (χ4n) is 2.41. The molecule has 0 bridgehead atoms. The fourth-order valence-corrected chi connectivity index (χ4v) is 2.62. The van der Waals surface area contributed by atoms with Gasteiger partial charge in [-0.3, -0.25) is 4.99 Å². The van der Waals surface area contributed by atoms with Gasteiger partial charge in [0.15, 0.2) is 5.96 Å². The lowest BCUT2D eigenvalue weighted by molar-refractivity contribution is 0.0420. The van der Waals surface area contributed by atoms with Crippen molar-refractivity contribution in [2.75, 3.05) is 40.0 Å². The molecule has 5 nitrogen and oxygen atoms in total. The summed E-state index contributed by atoms with van der Waals surface area (Å²) in [6.07, 6.45) is 3.16. The van der Waals surface area contributed by atoms with Crippen LogP contribution in [0.25, 0.3) is 0 Å². The lowest BCUT2D eigenvalue weighted by Crippen LogP contribution is -2.39. The predicted octanol–water partition coefficient (Wildman–Crippen LogP) is 2.86. The molecule has 136 valence electrons. The number of halogens is 2. The molecule has 1 aromatic rings. The van der Waals surface area contributed by atoms with E-state index in [0.29, 0.717) is 0 Å². The molecule has 1 aliphatic heterocycles. The molecular weight excluding hydrogens is 441 g/mol. The second-order valence-corrected chi connectivity index (χ2v) is 5.95. The van der Waals surface area contributed by atoms with E-state index in [1.54, 1.807) is 7.05 Å². The van der Waals surface area contributed by atoms with Crippen LogP contribution in [0.1, 0.15) is 18.4 Å². The molecule has 1 heterocycles. The molecule has 24 heavy (non-hydrogen) atoms. The van der Waals surface area contributed by atoms with Crippen LogP contribution in [-0.2, 0) is 15.9 Å². The van der Waals surface area contributed by atoms with Crippen molar-refractivity contribution in [2.24, 2.45) is 4.99 Å². The van der Waals surface area contributed by atoms with Gasteiger partial charge in [0.05, 0.1) is 12.7 Å². The molecule has 0 saturated carbocycles. The van der Waals surface area contributed by atoms with Crippen LogP contribution in [-0.4, -0.2) is 52.0 Å². The molecule has 1 aliphatic rings. The van der Waals surface area contributed by atoms with Crippen LogP contribution in [0, 0.1) is 0 Å². The van der Waals surface area contributed by atoms with Gasteiger partial charge in [0.1, 0.15) is 0 Å². The summed E-state index contributed by atoms with van der Waals surface area (Å²) in [5.74, 6) is 0.816. The largest absolute Gasteiger partial charge is 0.379 e. The second kappa shape index (κ2) is 12.7. The number of nitrogens with one attached hydrogen (secondary N) is 2. The number of benzene rings is 1. The Labute approximate surface area is 166 Å². The molecule has 1 saturated heterocycles. The number of nitrogens with zero attached hydrogens (tertiary/aromatic N) is 1. The smallest absolute Gasteiger partial charge is 0.190 e. The van der Waals surface area contributed by atoms with E-state index in [1.165, 1.54) is 5.56 Å². The van der Waals surface area contributed by atoms with Gasteiger partial charge in [0.2, 0.25) is 0 Å². The first-order chi connectivity index (χ1) is 11.3. The standard InChI is InChI=1S/C17H26ClN3O2.HI/c1-19-17(20-8-3-10-23-16-7-11-22-13-16)21-9-6-14-4-2-5-15(18)12-14;/h2,4-5,12,16H,3,6-11,13H2,1H3,(H2,19,20,21);1H. The quantitative estimate of drug-likeness (QED) is 0.267. The molecular formula is C17H27ClIN3O2. The van der Waals surface area contributed by atoms with Crippen molar-refractivity contribution in [1.82, 2.24) is 10.6 Å². The molecule has 0 radical (unpaired) electrons. The van der Waals surface area contributed by atoms with Crippen LogP contribution < -0.4 is 10.6 Å². The van der Waals surface area contributed by atoms with Crippen LogP contribution in [0.5, 0.6) is 0 Å². The average Bonchev–Trinajstić information content (AvgIpc) is 3.06. The van der Waals surface area contributed by atoms with Gasteiger partial charge in [-0.1, -0.05) is 23.7 Å². The van der Waals surface area contributed by atoms with Crippen LogP contribution in [0.3, 0.4) is 0 Å². The van der Waals surface area contributed by atoms with Gasteiger partial charge in [0.25, 0.3) is 0 Å². The monoisotopic (exact) mass is 467 g/mol. The van der Waals surface area contributed by atoms with Gasteiger partial charge >= 0.3 is 0 Å². The molecule has 2 N–H and O–H groups in total. The Morgan fingerprint density at radius 1 is 1.38 bits per heavy atom. The van der Waals surface area contributed by atoms with Crippen LogP contribution >= 0.6 is 35.6 Å². The Morgan fingerprint density at radius 2 is 2.21 bits per heavy atom. The number of rotatable bonds is 8. The summed E-state index contributed by atoms with van der Waals surface area (Å²) in [7, 11) is 1.78. The van der Waals surface area contributed by atoms with Gasteiger partial charge < -0.3 is 20.1 Å². The topological polar surface area (TPSA) is 54.9 Å². The van der Waals surface area contributed by atoms with Crippen molar-refractivity contribution >= 4 is 41.5 Å². The SMILES string of the molecule is CN=C(NCCCOC1CCOC1)NCCc1cccc(Cl)c1.I. The maximum Gasteiger partial charge on any atom is 0.190 e. The highest BCUT2D eigenvalue weighted by Gasteiger charge is 2.15. The van der Waals surface area contributed by atoms with Crippen molar-refractivity contribution < 1.29 is 9.47 Å². The van der Waals surface area contributed by atoms with E-state index in [9.17, 15) is 0 Å². The van der Waals surface area contributed by atoms with E-state index >= 15 is 0 Å². The number of hydrogen-bond donors (Lipinski definition) is 2. The summed E-state index contributed by atoms with van der Waals surface area (Å²) in [6, 6.07) is 7.93. The van der Waals surface area contributed by atoms with Crippen LogP contribution in [0.4, 0.5) is 0 Å². The van der Waals surface area contributed by atoms with Gasteiger partial charge in [-0.25, -0.2) is 0 Å². The molecule has 1 unspecified atom stereocenters. The summed E-state index contributed by atoms with van der Waals surface area (Å²) in [5.41, 5.74) is 1.22. The molecule has 2 rings (SSSR count). The Morgan fingerprint density at radius 3 is 2.92 bits per heavy atom. The van der Waals surface area contributed by atoms with E-state index in [1.807, 2.05) is 18.2 Å². The third-order valence-electron chi connectivity index (χ3n) is 3.67. The van der Waals surface area contributed by atoms with Gasteiger partial charge in [-0.2, -0.15) is 0 Å². The molecule has 7 heteroatoms. The zero-order chi connectivity index (χ0) is 16.3. The fraction of sp³-hybridized carbons (Fsp3) is 0.588. The normalized spacial score (nSPS) is 17.4. The Hall–Kier alpha value is -0.570. The molecule has 0 aromatic heterocycles. The summed E-state index contributed by atoms with van der Waals surface area (Å²) in [5, 5.41) is 7.37. The van der Waals surface area contributed by atoms with E-state index in [4.69, 9.17) is 21.1 Å². The highest BCUT2D eigenvalue weighted by molar-refractivity contribution is 14.0. The van der Waals surface area contributed by atoms with E-state index < -0.39 is 0 Å².